The molecule has 1 aromatic heterocycles. The van der Waals surface area contributed by atoms with Crippen LogP contribution in [0, 0.1) is 18.6 Å². The minimum Gasteiger partial charge on any atom is -0.435 e. The normalized spacial score (nSPS) is 12.3. The number of methoxy groups -OCH3 is 1. The molecule has 1 atom stereocenters. The molecule has 6 nitrogen and oxygen atoms in total. The highest BCUT2D eigenvalue weighted by atomic mass is 19.1. The first-order valence-electron chi connectivity index (χ1n) is 10.6. The summed E-state index contributed by atoms with van der Waals surface area (Å²) >= 11 is 0. The van der Waals surface area contributed by atoms with Gasteiger partial charge in [0.15, 0.2) is 11.6 Å². The van der Waals surface area contributed by atoms with Crippen molar-refractivity contribution in [3.05, 3.63) is 71.4 Å². The van der Waals surface area contributed by atoms with Gasteiger partial charge < -0.3 is 14.6 Å². The summed E-state index contributed by atoms with van der Waals surface area (Å²) in [6.07, 6.45) is 0.240. The first kappa shape index (κ1) is 23.8. The summed E-state index contributed by atoms with van der Waals surface area (Å²) < 4.78 is 40.4. The van der Waals surface area contributed by atoms with Crippen LogP contribution in [0.25, 0.3) is 5.69 Å². The molecule has 172 valence electrons. The predicted octanol–water partition coefficient (Wildman–Crippen LogP) is 4.47. The molecular weight excluding hydrogens is 416 g/mol. The highest BCUT2D eigenvalue weighted by Gasteiger charge is 2.23. The van der Waals surface area contributed by atoms with Crippen LogP contribution in [0.3, 0.4) is 0 Å². The van der Waals surface area contributed by atoms with Gasteiger partial charge in [-0.05, 0) is 44.2 Å². The Balaban J connectivity index is 2.01. The average molecular weight is 446 g/mol. The number of benzene rings is 2. The van der Waals surface area contributed by atoms with E-state index in [9.17, 15) is 13.9 Å². The van der Waals surface area contributed by atoms with Crippen LogP contribution in [0.15, 0.2) is 48.5 Å². The molecule has 3 rings (SSSR count). The first-order chi connectivity index (χ1) is 15.4. The Bertz CT molecular complexity index is 1010. The van der Waals surface area contributed by atoms with Crippen molar-refractivity contribution in [3.8, 4) is 17.3 Å². The Morgan fingerprint density at radius 1 is 1.16 bits per heavy atom. The van der Waals surface area contributed by atoms with Crippen LogP contribution in [-0.2, 0) is 11.3 Å². The first-order valence-corrected chi connectivity index (χ1v) is 10.6. The van der Waals surface area contributed by atoms with Crippen molar-refractivity contribution in [2.45, 2.75) is 32.9 Å². The Morgan fingerprint density at radius 3 is 2.56 bits per heavy atom. The predicted molar refractivity (Wildman–Crippen MR) is 118 cm³/mol. The van der Waals surface area contributed by atoms with Crippen molar-refractivity contribution in [1.82, 2.24) is 14.7 Å². The molecule has 1 unspecified atom stereocenters. The summed E-state index contributed by atoms with van der Waals surface area (Å²) in [4.78, 5) is 2.08. The lowest BCUT2D eigenvalue weighted by atomic mass is 10.2. The summed E-state index contributed by atoms with van der Waals surface area (Å²) in [5.74, 6) is -1.22. The molecule has 0 saturated heterocycles. The summed E-state index contributed by atoms with van der Waals surface area (Å²) in [5, 5.41) is 14.9. The second kappa shape index (κ2) is 11.2. The minimum atomic E-state index is -0.796. The van der Waals surface area contributed by atoms with Gasteiger partial charge in [0.25, 0.3) is 0 Å². The van der Waals surface area contributed by atoms with Gasteiger partial charge in [-0.15, -0.1) is 0 Å². The van der Waals surface area contributed by atoms with E-state index < -0.39 is 17.7 Å². The van der Waals surface area contributed by atoms with Gasteiger partial charge in [0, 0.05) is 26.3 Å². The smallest absolute Gasteiger partial charge is 0.227 e. The third-order valence-corrected chi connectivity index (χ3v) is 4.99. The number of aliphatic hydroxyl groups is 1. The van der Waals surface area contributed by atoms with Crippen molar-refractivity contribution < 1.29 is 23.4 Å². The second-order valence-electron chi connectivity index (χ2n) is 7.64. The minimum absolute atomic E-state index is 0.0915. The number of aliphatic hydroxyl groups excluding tert-OH is 1. The van der Waals surface area contributed by atoms with Gasteiger partial charge in [-0.25, -0.2) is 13.5 Å². The molecule has 1 N–H and O–H groups in total. The van der Waals surface area contributed by atoms with Crippen LogP contribution >= 0.6 is 0 Å². The largest absolute Gasteiger partial charge is 0.435 e. The third kappa shape index (κ3) is 5.91. The number of hydrogen-bond acceptors (Lipinski definition) is 5. The number of aryl methyl sites for hydroxylation is 1. The number of aromatic nitrogens is 2. The Kier molecular flexibility index (Phi) is 8.33. The summed E-state index contributed by atoms with van der Waals surface area (Å²) in [6.45, 7) is 5.72. The van der Waals surface area contributed by atoms with Crippen molar-refractivity contribution in [3.63, 3.8) is 0 Å². The molecule has 0 aliphatic heterocycles. The van der Waals surface area contributed by atoms with Gasteiger partial charge in [-0.2, -0.15) is 5.10 Å². The zero-order chi connectivity index (χ0) is 23.1. The van der Waals surface area contributed by atoms with Gasteiger partial charge in [0.05, 0.1) is 29.7 Å². The van der Waals surface area contributed by atoms with E-state index in [0.29, 0.717) is 24.7 Å². The van der Waals surface area contributed by atoms with E-state index in [1.807, 2.05) is 37.3 Å². The molecular formula is C24H29F2N3O3. The molecule has 0 fully saturated rings. The van der Waals surface area contributed by atoms with Gasteiger partial charge in [-0.1, -0.05) is 25.1 Å². The highest BCUT2D eigenvalue weighted by molar-refractivity contribution is 5.43. The van der Waals surface area contributed by atoms with Gasteiger partial charge >= 0.3 is 0 Å². The van der Waals surface area contributed by atoms with Crippen LogP contribution in [0.1, 0.15) is 24.6 Å². The molecule has 32 heavy (non-hydrogen) atoms. The summed E-state index contributed by atoms with van der Waals surface area (Å²) in [7, 11) is 1.55. The lowest BCUT2D eigenvalue weighted by molar-refractivity contribution is 0.0356. The van der Waals surface area contributed by atoms with Gasteiger partial charge in [0.1, 0.15) is 5.82 Å². The average Bonchev–Trinajstić information content (AvgIpc) is 3.06. The van der Waals surface area contributed by atoms with Crippen molar-refractivity contribution >= 4 is 0 Å². The van der Waals surface area contributed by atoms with Crippen LogP contribution < -0.4 is 4.74 Å². The maximum atomic E-state index is 14.4. The van der Waals surface area contributed by atoms with Gasteiger partial charge in [0.2, 0.25) is 5.88 Å². The molecule has 3 aromatic rings. The van der Waals surface area contributed by atoms with E-state index >= 15 is 0 Å². The number of hydrogen-bond donors (Lipinski definition) is 1. The van der Waals surface area contributed by atoms with E-state index in [-0.39, 0.29) is 12.4 Å². The van der Waals surface area contributed by atoms with Crippen molar-refractivity contribution in [1.29, 1.82) is 0 Å². The molecule has 2 aromatic carbocycles. The molecule has 8 heteroatoms. The lowest BCUT2D eigenvalue weighted by Gasteiger charge is -2.24. The fraction of sp³-hybridized carbons (Fsp3) is 0.375. The zero-order valence-electron chi connectivity index (χ0n) is 18.6. The van der Waals surface area contributed by atoms with Crippen molar-refractivity contribution in [2.75, 3.05) is 26.8 Å². The van der Waals surface area contributed by atoms with E-state index in [2.05, 4.69) is 16.9 Å². The van der Waals surface area contributed by atoms with E-state index in [0.717, 1.165) is 36.3 Å². The number of halogens is 2. The number of rotatable bonds is 11. The number of nitrogens with zero attached hydrogens (tertiary/aromatic N) is 3. The van der Waals surface area contributed by atoms with Crippen LogP contribution in [0.5, 0.6) is 11.6 Å². The standard InChI is InChI=1S/C24H29F2N3O3/c1-4-12-28(14-20(30)16-31-3)15-21-17(2)27-29(19-8-6-5-7-9-19)24(21)32-23-11-10-18(25)13-22(23)26/h5-11,13,20,30H,4,12,14-16H2,1-3H3. The highest BCUT2D eigenvalue weighted by Crippen LogP contribution is 2.33. The molecule has 0 amide bonds. The third-order valence-electron chi connectivity index (χ3n) is 4.99. The monoisotopic (exact) mass is 445 g/mol. The second-order valence-corrected chi connectivity index (χ2v) is 7.64. The topological polar surface area (TPSA) is 59.8 Å². The van der Waals surface area contributed by atoms with Crippen molar-refractivity contribution in [2.24, 2.45) is 0 Å². The quantitative estimate of drug-likeness (QED) is 0.472. The molecule has 0 aliphatic rings. The number of ether oxygens (including phenoxy) is 2. The maximum absolute atomic E-state index is 14.4. The molecule has 0 spiro atoms. The molecule has 0 saturated carbocycles. The van der Waals surface area contributed by atoms with E-state index in [1.165, 1.54) is 6.07 Å². The fourth-order valence-corrected chi connectivity index (χ4v) is 3.55. The Labute approximate surface area is 187 Å². The summed E-state index contributed by atoms with van der Waals surface area (Å²) in [5.41, 5.74) is 2.23. The van der Waals surface area contributed by atoms with Crippen LogP contribution in [-0.4, -0.2) is 52.7 Å². The molecule has 0 bridgehead atoms. The lowest BCUT2D eigenvalue weighted by Crippen LogP contribution is -2.35. The Morgan fingerprint density at radius 2 is 1.91 bits per heavy atom. The zero-order valence-corrected chi connectivity index (χ0v) is 18.6. The van der Waals surface area contributed by atoms with Gasteiger partial charge in [-0.3, -0.25) is 4.90 Å². The summed E-state index contributed by atoms with van der Waals surface area (Å²) in [6, 6.07) is 12.6. The van der Waals surface area contributed by atoms with E-state index in [4.69, 9.17) is 9.47 Å². The number of para-hydroxylation sites is 1. The molecule has 0 radical (unpaired) electrons. The SMILES string of the molecule is CCCN(Cc1c(C)nn(-c2ccccc2)c1Oc1ccc(F)cc1F)CC(O)COC. The fourth-order valence-electron chi connectivity index (χ4n) is 3.55. The van der Waals surface area contributed by atoms with E-state index in [1.54, 1.807) is 11.8 Å². The maximum Gasteiger partial charge on any atom is 0.227 e. The van der Waals surface area contributed by atoms with Crippen LogP contribution in [0.4, 0.5) is 8.78 Å². The Hall–Kier alpha value is -2.81. The molecule has 0 aliphatic carbocycles. The van der Waals surface area contributed by atoms with Crippen LogP contribution in [0.2, 0.25) is 0 Å². The molecule has 1 heterocycles.